The fraction of sp³-hybridized carbons (Fsp3) is 0.214. The third-order valence-corrected chi connectivity index (χ3v) is 4.84. The second kappa shape index (κ2) is 5.50. The van der Waals surface area contributed by atoms with Crippen LogP contribution in [0.4, 0.5) is 5.69 Å². The molecule has 2 aromatic rings. The molecule has 1 N–H and O–H groups in total. The Balaban J connectivity index is 2.55. The molecule has 20 heavy (non-hydrogen) atoms. The maximum atomic E-state index is 12.6. The molecule has 1 heterocycles. The van der Waals surface area contributed by atoms with Gasteiger partial charge < -0.3 is 5.11 Å². The molecule has 0 fully saturated rings. The fourth-order valence-corrected chi connectivity index (χ4v) is 3.46. The van der Waals surface area contributed by atoms with E-state index < -0.39 is 10.0 Å². The van der Waals surface area contributed by atoms with Gasteiger partial charge in [0.1, 0.15) is 10.6 Å². The molecule has 0 amide bonds. The van der Waals surface area contributed by atoms with E-state index in [-0.39, 0.29) is 17.2 Å². The Morgan fingerprint density at radius 2 is 2.05 bits per heavy atom. The first-order chi connectivity index (χ1) is 9.46. The second-order valence-corrected chi connectivity index (χ2v) is 6.19. The van der Waals surface area contributed by atoms with Crippen LogP contribution in [0.3, 0.4) is 0 Å². The fourth-order valence-electron chi connectivity index (χ4n) is 1.96. The minimum atomic E-state index is -3.68. The van der Waals surface area contributed by atoms with Gasteiger partial charge in [-0.15, -0.1) is 0 Å². The number of nitrogens with zero attached hydrogens (tertiary/aromatic N) is 2. The van der Waals surface area contributed by atoms with Crippen molar-refractivity contribution in [2.24, 2.45) is 0 Å². The summed E-state index contributed by atoms with van der Waals surface area (Å²) in [5.74, 6) is 0.0328. The average molecular weight is 292 g/mol. The number of phenols is 1. The summed E-state index contributed by atoms with van der Waals surface area (Å²) in [6, 6.07) is 7.75. The summed E-state index contributed by atoms with van der Waals surface area (Å²) in [6.45, 7) is 3.81. The number of aryl methyl sites for hydroxylation is 1. The largest absolute Gasteiger partial charge is 0.508 e. The van der Waals surface area contributed by atoms with Gasteiger partial charge in [0.15, 0.2) is 0 Å². The second-order valence-electron chi connectivity index (χ2n) is 4.33. The van der Waals surface area contributed by atoms with Crippen molar-refractivity contribution in [1.29, 1.82) is 0 Å². The minimum Gasteiger partial charge on any atom is -0.508 e. The first kappa shape index (κ1) is 14.3. The van der Waals surface area contributed by atoms with Crippen LogP contribution in [0.2, 0.25) is 0 Å². The van der Waals surface area contributed by atoms with Gasteiger partial charge in [-0.3, -0.25) is 9.29 Å². The number of phenolic OH excluding ortho intramolecular Hbond substituents is 1. The van der Waals surface area contributed by atoms with Crippen LogP contribution in [0.5, 0.6) is 5.75 Å². The van der Waals surface area contributed by atoms with Crippen LogP contribution in [0.15, 0.2) is 47.6 Å². The van der Waals surface area contributed by atoms with Crippen molar-refractivity contribution in [2.45, 2.75) is 18.7 Å². The topological polar surface area (TPSA) is 70.5 Å². The lowest BCUT2D eigenvalue weighted by molar-refractivity contribution is 0.475. The number of rotatable bonds is 4. The molecular formula is C14H16N2O3S. The molecule has 0 aliphatic carbocycles. The SMILES string of the molecule is CCN(c1cc(O)ccc1C)S(=O)(=O)c1cccnc1. The molecule has 5 nitrogen and oxygen atoms in total. The van der Waals surface area contributed by atoms with E-state index >= 15 is 0 Å². The lowest BCUT2D eigenvalue weighted by Crippen LogP contribution is -2.31. The van der Waals surface area contributed by atoms with Crippen LogP contribution in [0, 0.1) is 6.92 Å². The van der Waals surface area contributed by atoms with Crippen molar-refractivity contribution < 1.29 is 13.5 Å². The molecule has 0 saturated carbocycles. The van der Waals surface area contributed by atoms with Crippen molar-refractivity contribution >= 4 is 15.7 Å². The van der Waals surface area contributed by atoms with E-state index in [1.807, 2.05) is 0 Å². The van der Waals surface area contributed by atoms with E-state index in [9.17, 15) is 13.5 Å². The van der Waals surface area contributed by atoms with Gasteiger partial charge in [-0.1, -0.05) is 6.07 Å². The summed E-state index contributed by atoms with van der Waals surface area (Å²) >= 11 is 0. The normalized spacial score (nSPS) is 11.3. The van der Waals surface area contributed by atoms with E-state index in [0.29, 0.717) is 5.69 Å². The van der Waals surface area contributed by atoms with Crippen molar-refractivity contribution in [2.75, 3.05) is 10.8 Å². The van der Waals surface area contributed by atoms with Gasteiger partial charge in [0.05, 0.1) is 5.69 Å². The highest BCUT2D eigenvalue weighted by molar-refractivity contribution is 7.92. The van der Waals surface area contributed by atoms with Gasteiger partial charge in [-0.05, 0) is 37.6 Å². The zero-order valence-electron chi connectivity index (χ0n) is 11.3. The molecular weight excluding hydrogens is 276 g/mol. The molecule has 0 unspecified atom stereocenters. The van der Waals surface area contributed by atoms with E-state index in [0.717, 1.165) is 5.56 Å². The molecule has 0 spiro atoms. The summed E-state index contributed by atoms with van der Waals surface area (Å²) in [5.41, 5.74) is 1.24. The molecule has 0 aliphatic rings. The third-order valence-electron chi connectivity index (χ3n) is 2.97. The Morgan fingerprint density at radius 3 is 2.65 bits per heavy atom. The number of hydrogen-bond acceptors (Lipinski definition) is 4. The molecule has 2 rings (SSSR count). The van der Waals surface area contributed by atoms with Gasteiger partial charge in [0.25, 0.3) is 10.0 Å². The van der Waals surface area contributed by atoms with Crippen LogP contribution in [-0.4, -0.2) is 25.1 Å². The van der Waals surface area contributed by atoms with Crippen LogP contribution in [0.25, 0.3) is 0 Å². The molecule has 0 aliphatic heterocycles. The zero-order valence-corrected chi connectivity index (χ0v) is 12.1. The molecule has 1 aromatic heterocycles. The predicted molar refractivity (Wildman–Crippen MR) is 77.3 cm³/mol. The lowest BCUT2D eigenvalue weighted by atomic mass is 10.2. The molecule has 0 saturated heterocycles. The number of benzene rings is 1. The maximum Gasteiger partial charge on any atom is 0.265 e. The van der Waals surface area contributed by atoms with Crippen LogP contribution in [0.1, 0.15) is 12.5 Å². The zero-order chi connectivity index (χ0) is 14.8. The monoisotopic (exact) mass is 292 g/mol. The van der Waals surface area contributed by atoms with Crippen LogP contribution >= 0.6 is 0 Å². The van der Waals surface area contributed by atoms with Gasteiger partial charge >= 0.3 is 0 Å². The first-order valence-electron chi connectivity index (χ1n) is 6.19. The highest BCUT2D eigenvalue weighted by atomic mass is 32.2. The summed E-state index contributed by atoms with van der Waals surface area (Å²) in [6.07, 6.45) is 2.84. The standard InChI is InChI=1S/C14H16N2O3S/c1-3-16(14-9-12(17)7-6-11(14)2)20(18,19)13-5-4-8-15-10-13/h4-10,17H,3H2,1-2H3. The van der Waals surface area contributed by atoms with Gasteiger partial charge in [0.2, 0.25) is 0 Å². The quantitative estimate of drug-likeness (QED) is 0.938. The summed E-state index contributed by atoms with van der Waals surface area (Å²) in [5, 5.41) is 9.58. The first-order valence-corrected chi connectivity index (χ1v) is 7.63. The van der Waals surface area contributed by atoms with Gasteiger partial charge in [-0.2, -0.15) is 0 Å². The van der Waals surface area contributed by atoms with Gasteiger partial charge in [-0.25, -0.2) is 8.42 Å². The Labute approximate surface area is 118 Å². The minimum absolute atomic E-state index is 0.0328. The Bertz CT molecular complexity index is 700. The maximum absolute atomic E-state index is 12.6. The van der Waals surface area contributed by atoms with Crippen molar-refractivity contribution in [1.82, 2.24) is 4.98 Å². The third kappa shape index (κ3) is 2.60. The number of aromatic nitrogens is 1. The predicted octanol–water partition coefficient (Wildman–Crippen LogP) is 2.31. The van der Waals surface area contributed by atoms with E-state index in [1.165, 1.54) is 34.9 Å². The Kier molecular flexibility index (Phi) is 3.94. The van der Waals surface area contributed by atoms with E-state index in [2.05, 4.69) is 4.98 Å². The highest BCUT2D eigenvalue weighted by Gasteiger charge is 2.25. The summed E-state index contributed by atoms with van der Waals surface area (Å²) < 4.78 is 26.5. The molecule has 0 bridgehead atoms. The molecule has 6 heteroatoms. The number of hydrogen-bond donors (Lipinski definition) is 1. The van der Waals surface area contributed by atoms with Crippen molar-refractivity contribution in [3.05, 3.63) is 48.3 Å². The van der Waals surface area contributed by atoms with E-state index in [4.69, 9.17) is 0 Å². The number of pyridine rings is 1. The smallest absolute Gasteiger partial charge is 0.265 e. The number of anilines is 1. The number of sulfonamides is 1. The molecule has 106 valence electrons. The number of aromatic hydroxyl groups is 1. The van der Waals surface area contributed by atoms with Crippen LogP contribution < -0.4 is 4.31 Å². The van der Waals surface area contributed by atoms with Crippen molar-refractivity contribution in [3.63, 3.8) is 0 Å². The van der Waals surface area contributed by atoms with Crippen LogP contribution in [-0.2, 0) is 10.0 Å². The lowest BCUT2D eigenvalue weighted by Gasteiger charge is -2.24. The van der Waals surface area contributed by atoms with Gasteiger partial charge in [0, 0.05) is 25.0 Å². The average Bonchev–Trinajstić information content (AvgIpc) is 2.44. The Hall–Kier alpha value is -2.08. The summed E-state index contributed by atoms with van der Waals surface area (Å²) in [7, 11) is -3.68. The van der Waals surface area contributed by atoms with E-state index in [1.54, 1.807) is 26.0 Å². The van der Waals surface area contributed by atoms with Crippen molar-refractivity contribution in [3.8, 4) is 5.75 Å². The Morgan fingerprint density at radius 1 is 1.30 bits per heavy atom. The molecule has 0 radical (unpaired) electrons. The molecule has 0 atom stereocenters. The summed E-state index contributed by atoms with van der Waals surface area (Å²) in [4.78, 5) is 3.98. The highest BCUT2D eigenvalue weighted by Crippen LogP contribution is 2.29. The molecule has 1 aromatic carbocycles.